The van der Waals surface area contributed by atoms with E-state index in [1.807, 2.05) is 35.5 Å². The van der Waals surface area contributed by atoms with Gasteiger partial charge in [0.25, 0.3) is 5.91 Å². The summed E-state index contributed by atoms with van der Waals surface area (Å²) in [6.45, 7) is 2.50. The molecule has 0 radical (unpaired) electrons. The second-order valence-electron chi connectivity index (χ2n) is 7.68. The number of hydrazine groups is 1. The van der Waals surface area contributed by atoms with Gasteiger partial charge in [0.15, 0.2) is 5.11 Å². The van der Waals surface area contributed by atoms with Gasteiger partial charge in [-0.2, -0.15) is 0 Å². The predicted octanol–water partition coefficient (Wildman–Crippen LogP) is 1.70. The molecule has 1 unspecified atom stereocenters. The summed E-state index contributed by atoms with van der Waals surface area (Å²) in [5.74, 6) is -0.271. The van der Waals surface area contributed by atoms with E-state index in [2.05, 4.69) is 15.3 Å². The minimum Gasteiger partial charge on any atom is -0.379 e. The van der Waals surface area contributed by atoms with Gasteiger partial charge in [0.1, 0.15) is 6.04 Å². The number of hydrogen-bond acceptors (Lipinski definition) is 5. The van der Waals surface area contributed by atoms with Gasteiger partial charge in [-0.25, -0.2) is 5.01 Å². The van der Waals surface area contributed by atoms with E-state index in [9.17, 15) is 9.59 Å². The molecule has 1 saturated carbocycles. The molecule has 29 heavy (non-hydrogen) atoms. The van der Waals surface area contributed by atoms with Gasteiger partial charge in [0, 0.05) is 36.5 Å². The summed E-state index contributed by atoms with van der Waals surface area (Å²) in [6, 6.07) is 7.27. The number of carbonyl (C=O) groups is 2. The van der Waals surface area contributed by atoms with E-state index in [-0.39, 0.29) is 24.3 Å². The molecule has 1 aromatic carbocycles. The van der Waals surface area contributed by atoms with Crippen LogP contribution in [0.5, 0.6) is 0 Å². The summed E-state index contributed by atoms with van der Waals surface area (Å²) < 4.78 is 5.44. The quantitative estimate of drug-likeness (QED) is 0.727. The summed E-state index contributed by atoms with van der Waals surface area (Å²) >= 11 is 5.65. The molecule has 1 aromatic heterocycles. The zero-order valence-corrected chi connectivity index (χ0v) is 16.8. The molecule has 1 atom stereocenters. The molecule has 2 aromatic rings. The fourth-order valence-corrected chi connectivity index (χ4v) is 4.53. The molecular formula is C20H23N5O3S. The zero-order chi connectivity index (χ0) is 20.0. The smallest absolute Gasteiger partial charge is 0.253 e. The minimum atomic E-state index is -0.601. The number of fused-ring (bicyclic) bond motifs is 1. The number of amides is 2. The fourth-order valence-electron chi connectivity index (χ4n) is 4.05. The number of aromatic nitrogens is 1. The van der Waals surface area contributed by atoms with Crippen molar-refractivity contribution in [3.63, 3.8) is 0 Å². The molecule has 2 saturated heterocycles. The van der Waals surface area contributed by atoms with Crippen LogP contribution in [0.2, 0.25) is 0 Å². The number of nitrogens with zero attached hydrogens (tertiary/aromatic N) is 3. The maximum atomic E-state index is 13.1. The Labute approximate surface area is 173 Å². The van der Waals surface area contributed by atoms with Crippen molar-refractivity contribution in [2.24, 2.45) is 0 Å². The summed E-state index contributed by atoms with van der Waals surface area (Å²) in [5.41, 5.74) is 1.66. The normalized spacial score (nSPS) is 23.2. The summed E-state index contributed by atoms with van der Waals surface area (Å²) in [4.78, 5) is 30.8. The number of ether oxygens (including phenoxy) is 1. The van der Waals surface area contributed by atoms with Crippen LogP contribution >= 0.6 is 12.2 Å². The van der Waals surface area contributed by atoms with Gasteiger partial charge in [-0.1, -0.05) is 6.07 Å². The van der Waals surface area contributed by atoms with Crippen LogP contribution in [0.25, 0.3) is 10.9 Å². The van der Waals surface area contributed by atoms with E-state index in [4.69, 9.17) is 17.0 Å². The van der Waals surface area contributed by atoms with Crippen LogP contribution in [0.4, 0.5) is 5.69 Å². The average molecular weight is 414 g/mol. The lowest BCUT2D eigenvalue weighted by Gasteiger charge is -2.38. The van der Waals surface area contributed by atoms with E-state index >= 15 is 0 Å². The maximum Gasteiger partial charge on any atom is 0.253 e. The number of thiocarbonyl (C=S) groups is 1. The molecule has 152 valence electrons. The third-order valence-corrected chi connectivity index (χ3v) is 6.03. The summed E-state index contributed by atoms with van der Waals surface area (Å²) in [6.07, 6.45) is 3.86. The van der Waals surface area contributed by atoms with Gasteiger partial charge in [-0.15, -0.1) is 0 Å². The van der Waals surface area contributed by atoms with Crippen molar-refractivity contribution in [3.8, 4) is 0 Å². The number of anilines is 1. The summed E-state index contributed by atoms with van der Waals surface area (Å²) in [5, 5.41) is 8.43. The number of morpholine rings is 1. The van der Waals surface area contributed by atoms with Crippen molar-refractivity contribution < 1.29 is 14.3 Å². The van der Waals surface area contributed by atoms with Crippen LogP contribution in [0.15, 0.2) is 30.5 Å². The lowest BCUT2D eigenvalue weighted by atomic mass is 10.1. The highest BCUT2D eigenvalue weighted by molar-refractivity contribution is 7.80. The predicted molar refractivity (Wildman–Crippen MR) is 112 cm³/mol. The van der Waals surface area contributed by atoms with Gasteiger partial charge in [-0.05, 0) is 48.6 Å². The molecule has 2 N–H and O–H groups in total. The molecule has 3 fully saturated rings. The highest BCUT2D eigenvalue weighted by Crippen LogP contribution is 2.35. The first-order valence-electron chi connectivity index (χ1n) is 9.98. The van der Waals surface area contributed by atoms with Crippen LogP contribution in [-0.4, -0.2) is 75.2 Å². The molecule has 3 heterocycles. The second kappa shape index (κ2) is 7.40. The average Bonchev–Trinajstić information content (AvgIpc) is 3.38. The maximum absolute atomic E-state index is 13.1. The molecule has 8 nitrogen and oxygen atoms in total. The first kappa shape index (κ1) is 18.5. The number of aromatic amines is 1. The second-order valence-corrected chi connectivity index (χ2v) is 8.05. The number of benzene rings is 1. The van der Waals surface area contributed by atoms with E-state index < -0.39 is 6.04 Å². The molecule has 5 rings (SSSR count). The number of H-pyrrole nitrogens is 1. The first-order chi connectivity index (χ1) is 14.1. The van der Waals surface area contributed by atoms with Crippen molar-refractivity contribution in [2.45, 2.75) is 31.3 Å². The van der Waals surface area contributed by atoms with Gasteiger partial charge in [-0.3, -0.25) is 19.5 Å². The number of carbonyl (C=O) groups excluding carboxylic acids is 2. The Bertz CT molecular complexity index is 966. The molecular weight excluding hydrogens is 390 g/mol. The molecule has 1 aliphatic carbocycles. The molecule has 0 bridgehead atoms. The molecule has 9 heteroatoms. The fraction of sp³-hybridized carbons (Fsp3) is 0.450. The molecule has 0 spiro atoms. The Kier molecular flexibility index (Phi) is 4.73. The van der Waals surface area contributed by atoms with E-state index in [1.54, 1.807) is 4.90 Å². The van der Waals surface area contributed by atoms with E-state index in [0.717, 1.165) is 23.7 Å². The van der Waals surface area contributed by atoms with Crippen LogP contribution in [-0.2, 0) is 14.3 Å². The SMILES string of the molecule is O=C(CC1C(=O)N(C2CC2)C(=S)N1N1CCOCC1)Nc1ccc2cc[nH]c2c1. The molecule has 3 aliphatic rings. The number of nitrogens with one attached hydrogen (secondary N) is 2. The van der Waals surface area contributed by atoms with E-state index in [0.29, 0.717) is 37.1 Å². The highest BCUT2D eigenvalue weighted by atomic mass is 32.1. The van der Waals surface area contributed by atoms with Crippen LogP contribution in [0, 0.1) is 0 Å². The molecule has 2 aliphatic heterocycles. The van der Waals surface area contributed by atoms with Gasteiger partial charge in [0.2, 0.25) is 5.91 Å². The lowest BCUT2D eigenvalue weighted by molar-refractivity contribution is -0.135. The zero-order valence-electron chi connectivity index (χ0n) is 16.0. The van der Waals surface area contributed by atoms with Crippen molar-refractivity contribution in [1.29, 1.82) is 0 Å². The van der Waals surface area contributed by atoms with Gasteiger partial charge < -0.3 is 15.0 Å². The Morgan fingerprint density at radius 1 is 1.24 bits per heavy atom. The first-order valence-corrected chi connectivity index (χ1v) is 10.4. The Hall–Kier alpha value is -2.49. The van der Waals surface area contributed by atoms with Crippen LogP contribution in [0.3, 0.4) is 0 Å². The molecule has 2 amide bonds. The monoisotopic (exact) mass is 413 g/mol. The Balaban J connectivity index is 1.34. The Morgan fingerprint density at radius 3 is 2.79 bits per heavy atom. The number of rotatable bonds is 5. The third-order valence-electron chi connectivity index (χ3n) is 5.64. The van der Waals surface area contributed by atoms with Crippen LogP contribution in [0.1, 0.15) is 19.3 Å². The van der Waals surface area contributed by atoms with E-state index in [1.165, 1.54) is 0 Å². The largest absolute Gasteiger partial charge is 0.379 e. The van der Waals surface area contributed by atoms with Crippen molar-refractivity contribution in [3.05, 3.63) is 30.5 Å². The Morgan fingerprint density at radius 2 is 2.03 bits per heavy atom. The third kappa shape index (κ3) is 3.50. The topological polar surface area (TPSA) is 80.9 Å². The van der Waals surface area contributed by atoms with Crippen molar-refractivity contribution >= 4 is 45.7 Å². The van der Waals surface area contributed by atoms with Crippen molar-refractivity contribution in [2.75, 3.05) is 31.6 Å². The van der Waals surface area contributed by atoms with Crippen molar-refractivity contribution in [1.82, 2.24) is 19.9 Å². The summed E-state index contributed by atoms with van der Waals surface area (Å²) in [7, 11) is 0. The number of hydrogen-bond donors (Lipinski definition) is 2. The highest BCUT2D eigenvalue weighted by Gasteiger charge is 2.51. The van der Waals surface area contributed by atoms with Gasteiger partial charge in [0.05, 0.1) is 19.6 Å². The lowest BCUT2D eigenvalue weighted by Crippen LogP contribution is -2.54. The van der Waals surface area contributed by atoms with Gasteiger partial charge >= 0.3 is 0 Å². The standard InChI is InChI=1S/C20H23N5O3S/c26-18(22-14-2-1-13-5-6-21-16(13)11-14)12-17-19(27)24(15-3-4-15)20(29)25(17)23-7-9-28-10-8-23/h1-2,5-6,11,15,17,21H,3-4,7-10,12H2,(H,22,26). The van der Waals surface area contributed by atoms with Crippen LogP contribution < -0.4 is 5.32 Å². The minimum absolute atomic E-state index is 0.0579.